The number of hydrogen-bond acceptors (Lipinski definition) is 2. The highest BCUT2D eigenvalue weighted by molar-refractivity contribution is 5.85. The topological polar surface area (TPSA) is 55.1 Å². The molecule has 1 aromatic rings. The summed E-state index contributed by atoms with van der Waals surface area (Å²) in [5.41, 5.74) is 8.04. The predicted octanol–water partition coefficient (Wildman–Crippen LogP) is 1.21. The molecule has 3 N–H and O–H groups in total. The molecule has 1 amide bonds. The molecule has 0 radical (unpaired) electrons. The van der Waals surface area contributed by atoms with Crippen molar-refractivity contribution in [2.24, 2.45) is 5.73 Å². The van der Waals surface area contributed by atoms with Crippen LogP contribution in [0.5, 0.6) is 0 Å². The molecule has 0 spiro atoms. The number of fused-ring (bicyclic) bond motifs is 1. The van der Waals surface area contributed by atoms with Crippen LogP contribution in [0, 0.1) is 0 Å². The molecule has 0 saturated carbocycles. The molecule has 0 aliphatic heterocycles. The Bertz CT molecular complexity index is 368. The molecular weight excluding hydrogens is 224 g/mol. The lowest BCUT2D eigenvalue weighted by atomic mass is 10.0. The van der Waals surface area contributed by atoms with Crippen LogP contribution in [0.4, 0.5) is 0 Å². The minimum Gasteiger partial charge on any atom is -0.354 e. The highest BCUT2D eigenvalue weighted by Crippen LogP contribution is 2.31. The minimum absolute atomic E-state index is 0. The predicted molar refractivity (Wildman–Crippen MR) is 66.8 cm³/mol. The van der Waals surface area contributed by atoms with Crippen molar-refractivity contribution in [3.8, 4) is 0 Å². The first-order valence-corrected chi connectivity index (χ1v) is 5.36. The Labute approximate surface area is 102 Å². The maximum Gasteiger partial charge on any atom is 0.233 e. The number of hydrogen-bond donors (Lipinski definition) is 2. The molecule has 1 aliphatic carbocycles. The normalized spacial score (nSPS) is 17.4. The van der Waals surface area contributed by atoms with Crippen LogP contribution >= 0.6 is 12.4 Å². The molecular formula is C12H17ClN2O. The van der Waals surface area contributed by atoms with Gasteiger partial charge in [-0.15, -0.1) is 12.4 Å². The zero-order valence-electron chi connectivity index (χ0n) is 9.11. The summed E-state index contributed by atoms with van der Waals surface area (Å²) < 4.78 is 0. The number of amides is 1. The first kappa shape index (κ1) is 13.0. The van der Waals surface area contributed by atoms with E-state index in [2.05, 4.69) is 29.6 Å². The van der Waals surface area contributed by atoms with Gasteiger partial charge in [-0.2, -0.15) is 0 Å². The summed E-state index contributed by atoms with van der Waals surface area (Å²) in [7, 11) is 0. The van der Waals surface area contributed by atoms with Gasteiger partial charge in [-0.25, -0.2) is 0 Å². The number of carbonyl (C=O) groups is 1. The molecule has 1 atom stereocenters. The maximum absolute atomic E-state index is 11.0. The number of aryl methyl sites for hydroxylation is 1. The number of halogens is 1. The lowest BCUT2D eigenvalue weighted by molar-refractivity contribution is -0.119. The van der Waals surface area contributed by atoms with E-state index in [0.717, 1.165) is 12.8 Å². The van der Waals surface area contributed by atoms with Gasteiger partial charge in [0.1, 0.15) is 0 Å². The zero-order chi connectivity index (χ0) is 10.7. The highest BCUT2D eigenvalue weighted by atomic mass is 35.5. The zero-order valence-corrected chi connectivity index (χ0v) is 9.93. The van der Waals surface area contributed by atoms with Crippen molar-refractivity contribution in [1.82, 2.24) is 5.32 Å². The Morgan fingerprint density at radius 3 is 2.94 bits per heavy atom. The van der Waals surface area contributed by atoms with Crippen molar-refractivity contribution in [2.75, 3.05) is 13.1 Å². The number of nitrogens with two attached hydrogens (primary N) is 1. The summed E-state index contributed by atoms with van der Waals surface area (Å²) in [4.78, 5) is 11.0. The molecule has 0 bridgehead atoms. The highest BCUT2D eigenvalue weighted by Gasteiger charge is 2.21. The molecule has 4 heteroatoms. The largest absolute Gasteiger partial charge is 0.354 e. The van der Waals surface area contributed by atoms with E-state index in [1.54, 1.807) is 0 Å². The van der Waals surface area contributed by atoms with Gasteiger partial charge < -0.3 is 11.1 Å². The van der Waals surface area contributed by atoms with Gasteiger partial charge in [0.2, 0.25) is 5.91 Å². The van der Waals surface area contributed by atoms with Crippen molar-refractivity contribution >= 4 is 18.3 Å². The molecule has 1 unspecified atom stereocenters. The van der Waals surface area contributed by atoms with E-state index in [4.69, 9.17) is 5.73 Å². The van der Waals surface area contributed by atoms with E-state index in [-0.39, 0.29) is 24.9 Å². The SMILES string of the molecule is Cl.NCC(=O)NCC1CCc2ccccc21. The summed E-state index contributed by atoms with van der Waals surface area (Å²) in [6.07, 6.45) is 2.25. The molecule has 0 saturated heterocycles. The molecule has 88 valence electrons. The van der Waals surface area contributed by atoms with E-state index in [0.29, 0.717) is 12.5 Å². The van der Waals surface area contributed by atoms with Gasteiger partial charge >= 0.3 is 0 Å². The van der Waals surface area contributed by atoms with Crippen LogP contribution in [-0.4, -0.2) is 19.0 Å². The van der Waals surface area contributed by atoms with Gasteiger partial charge in [-0.3, -0.25) is 4.79 Å². The number of nitrogens with one attached hydrogen (secondary N) is 1. The van der Waals surface area contributed by atoms with E-state index in [9.17, 15) is 4.79 Å². The molecule has 0 fully saturated rings. The quantitative estimate of drug-likeness (QED) is 0.835. The smallest absolute Gasteiger partial charge is 0.233 e. The standard InChI is InChI=1S/C12H16N2O.ClH/c13-7-12(15)14-8-10-6-5-9-3-1-2-4-11(9)10;/h1-4,10H,5-8,13H2,(H,14,15);1H. The Morgan fingerprint density at radius 2 is 2.19 bits per heavy atom. The van der Waals surface area contributed by atoms with Crippen LogP contribution in [0.1, 0.15) is 23.5 Å². The summed E-state index contributed by atoms with van der Waals surface area (Å²) in [5, 5.41) is 2.85. The van der Waals surface area contributed by atoms with Crippen molar-refractivity contribution in [2.45, 2.75) is 18.8 Å². The number of carbonyl (C=O) groups excluding carboxylic acids is 1. The third kappa shape index (κ3) is 2.74. The lowest BCUT2D eigenvalue weighted by Crippen LogP contribution is -2.33. The first-order valence-electron chi connectivity index (χ1n) is 5.36. The van der Waals surface area contributed by atoms with Crippen LogP contribution in [0.25, 0.3) is 0 Å². The first-order chi connectivity index (χ1) is 7.31. The third-order valence-electron chi connectivity index (χ3n) is 2.99. The third-order valence-corrected chi connectivity index (χ3v) is 2.99. The van der Waals surface area contributed by atoms with E-state index in [1.165, 1.54) is 11.1 Å². The summed E-state index contributed by atoms with van der Waals surface area (Å²) >= 11 is 0. The van der Waals surface area contributed by atoms with Gasteiger partial charge in [-0.1, -0.05) is 24.3 Å². The molecule has 1 aromatic carbocycles. The Balaban J connectivity index is 0.00000128. The van der Waals surface area contributed by atoms with Gasteiger partial charge in [-0.05, 0) is 24.0 Å². The molecule has 0 aromatic heterocycles. The summed E-state index contributed by atoms with van der Waals surface area (Å²) in [6, 6.07) is 8.45. The van der Waals surface area contributed by atoms with Crippen LogP contribution in [0.15, 0.2) is 24.3 Å². The Morgan fingerprint density at radius 1 is 1.44 bits per heavy atom. The van der Waals surface area contributed by atoms with Crippen LogP contribution in [0.2, 0.25) is 0 Å². The van der Waals surface area contributed by atoms with Crippen LogP contribution in [0.3, 0.4) is 0 Å². The molecule has 2 rings (SSSR count). The van der Waals surface area contributed by atoms with Crippen LogP contribution < -0.4 is 11.1 Å². The Hall–Kier alpha value is -1.06. The van der Waals surface area contributed by atoms with E-state index >= 15 is 0 Å². The average molecular weight is 241 g/mol. The molecule has 16 heavy (non-hydrogen) atoms. The number of rotatable bonds is 3. The van der Waals surface area contributed by atoms with Crippen molar-refractivity contribution in [3.63, 3.8) is 0 Å². The molecule has 3 nitrogen and oxygen atoms in total. The number of benzene rings is 1. The summed E-state index contributed by atoms with van der Waals surface area (Å²) in [6.45, 7) is 0.793. The van der Waals surface area contributed by atoms with E-state index in [1.807, 2.05) is 0 Å². The minimum atomic E-state index is -0.0700. The fraction of sp³-hybridized carbons (Fsp3) is 0.417. The van der Waals surface area contributed by atoms with Gasteiger partial charge in [0, 0.05) is 12.5 Å². The van der Waals surface area contributed by atoms with Crippen LogP contribution in [-0.2, 0) is 11.2 Å². The second kappa shape index (κ2) is 5.87. The lowest BCUT2D eigenvalue weighted by Gasteiger charge is -2.12. The van der Waals surface area contributed by atoms with Crippen molar-refractivity contribution < 1.29 is 4.79 Å². The van der Waals surface area contributed by atoms with Gasteiger partial charge in [0.05, 0.1) is 6.54 Å². The average Bonchev–Trinajstić information content (AvgIpc) is 2.69. The van der Waals surface area contributed by atoms with E-state index < -0.39 is 0 Å². The van der Waals surface area contributed by atoms with Gasteiger partial charge in [0.15, 0.2) is 0 Å². The fourth-order valence-electron chi connectivity index (χ4n) is 2.17. The second-order valence-electron chi connectivity index (χ2n) is 3.94. The summed E-state index contributed by atoms with van der Waals surface area (Å²) in [5.74, 6) is 0.399. The monoisotopic (exact) mass is 240 g/mol. The maximum atomic E-state index is 11.0. The van der Waals surface area contributed by atoms with Crippen molar-refractivity contribution in [3.05, 3.63) is 35.4 Å². The van der Waals surface area contributed by atoms with Gasteiger partial charge in [0.25, 0.3) is 0 Å². The second-order valence-corrected chi connectivity index (χ2v) is 3.94. The molecule has 1 aliphatic rings. The fourth-order valence-corrected chi connectivity index (χ4v) is 2.17. The molecule has 0 heterocycles. The Kier molecular flexibility index (Phi) is 4.77. The van der Waals surface area contributed by atoms with Crippen molar-refractivity contribution in [1.29, 1.82) is 0 Å².